The molecule has 0 fully saturated rings. The molecule has 0 radical (unpaired) electrons. The SMILES string of the molecule is CCN(Cc1ccccc1)C(CN)c1ccc[nH]1. The number of hydrogen-bond donors (Lipinski definition) is 2. The number of H-pyrrole nitrogens is 1. The van der Waals surface area contributed by atoms with Gasteiger partial charge in [0.2, 0.25) is 0 Å². The second kappa shape index (κ2) is 6.38. The van der Waals surface area contributed by atoms with E-state index in [-0.39, 0.29) is 6.04 Å². The minimum atomic E-state index is 0.255. The number of benzene rings is 1. The Bertz CT molecular complexity index is 436. The van der Waals surface area contributed by atoms with E-state index in [1.165, 1.54) is 11.3 Å². The summed E-state index contributed by atoms with van der Waals surface area (Å²) in [5.74, 6) is 0. The average molecular weight is 243 g/mol. The van der Waals surface area contributed by atoms with Gasteiger partial charge >= 0.3 is 0 Å². The Labute approximate surface area is 109 Å². The summed E-state index contributed by atoms with van der Waals surface area (Å²) in [7, 11) is 0. The summed E-state index contributed by atoms with van der Waals surface area (Å²) >= 11 is 0. The number of likely N-dealkylation sites (N-methyl/N-ethyl adjacent to an activating group) is 1. The largest absolute Gasteiger partial charge is 0.364 e. The third kappa shape index (κ3) is 3.00. The van der Waals surface area contributed by atoms with Gasteiger partial charge in [-0.25, -0.2) is 0 Å². The maximum absolute atomic E-state index is 5.93. The smallest absolute Gasteiger partial charge is 0.0624 e. The molecule has 2 rings (SSSR count). The number of nitrogens with zero attached hydrogens (tertiary/aromatic N) is 1. The maximum atomic E-state index is 5.93. The van der Waals surface area contributed by atoms with Crippen molar-refractivity contribution in [3.05, 3.63) is 59.9 Å². The van der Waals surface area contributed by atoms with Crippen molar-refractivity contribution < 1.29 is 0 Å². The molecule has 0 saturated carbocycles. The highest BCUT2D eigenvalue weighted by molar-refractivity contribution is 5.16. The number of hydrogen-bond acceptors (Lipinski definition) is 2. The van der Waals surface area contributed by atoms with E-state index in [0.717, 1.165) is 13.1 Å². The van der Waals surface area contributed by atoms with Crippen LogP contribution in [0.4, 0.5) is 0 Å². The molecule has 18 heavy (non-hydrogen) atoms. The van der Waals surface area contributed by atoms with E-state index in [9.17, 15) is 0 Å². The van der Waals surface area contributed by atoms with Gasteiger partial charge in [-0.05, 0) is 24.2 Å². The Morgan fingerprint density at radius 3 is 2.50 bits per heavy atom. The molecule has 0 aliphatic heterocycles. The standard InChI is InChI=1S/C15H21N3/c1-2-18(12-13-7-4-3-5-8-13)15(11-16)14-9-6-10-17-14/h3-10,15,17H,2,11-12,16H2,1H3. The van der Waals surface area contributed by atoms with Crippen LogP contribution in [0.2, 0.25) is 0 Å². The van der Waals surface area contributed by atoms with Crippen molar-refractivity contribution in [2.24, 2.45) is 5.73 Å². The van der Waals surface area contributed by atoms with Crippen LogP contribution in [0.3, 0.4) is 0 Å². The summed E-state index contributed by atoms with van der Waals surface area (Å²) < 4.78 is 0. The maximum Gasteiger partial charge on any atom is 0.0624 e. The van der Waals surface area contributed by atoms with Crippen molar-refractivity contribution in [1.82, 2.24) is 9.88 Å². The highest BCUT2D eigenvalue weighted by Crippen LogP contribution is 2.20. The predicted molar refractivity (Wildman–Crippen MR) is 75.1 cm³/mol. The summed E-state index contributed by atoms with van der Waals surface area (Å²) in [6.07, 6.45) is 1.95. The van der Waals surface area contributed by atoms with Gasteiger partial charge in [0, 0.05) is 25.0 Å². The first-order valence-electron chi connectivity index (χ1n) is 6.46. The van der Waals surface area contributed by atoms with Crippen LogP contribution in [0, 0.1) is 0 Å². The molecule has 3 heteroatoms. The van der Waals surface area contributed by atoms with Gasteiger partial charge in [-0.2, -0.15) is 0 Å². The third-order valence-electron chi connectivity index (χ3n) is 3.28. The number of aromatic amines is 1. The monoisotopic (exact) mass is 243 g/mol. The number of aromatic nitrogens is 1. The first-order chi connectivity index (χ1) is 8.85. The molecule has 96 valence electrons. The van der Waals surface area contributed by atoms with Gasteiger partial charge in [-0.15, -0.1) is 0 Å². The van der Waals surface area contributed by atoms with Crippen molar-refractivity contribution in [3.8, 4) is 0 Å². The zero-order chi connectivity index (χ0) is 12.8. The van der Waals surface area contributed by atoms with Gasteiger partial charge < -0.3 is 10.7 Å². The van der Waals surface area contributed by atoms with Crippen LogP contribution in [-0.2, 0) is 6.54 Å². The number of nitrogens with two attached hydrogens (primary N) is 1. The fourth-order valence-corrected chi connectivity index (χ4v) is 2.28. The van der Waals surface area contributed by atoms with E-state index in [0.29, 0.717) is 6.54 Å². The Morgan fingerprint density at radius 2 is 1.94 bits per heavy atom. The second-order valence-corrected chi connectivity index (χ2v) is 4.43. The van der Waals surface area contributed by atoms with Crippen LogP contribution in [0.25, 0.3) is 0 Å². The van der Waals surface area contributed by atoms with Crippen LogP contribution < -0.4 is 5.73 Å². The lowest BCUT2D eigenvalue weighted by Crippen LogP contribution is -2.33. The highest BCUT2D eigenvalue weighted by Gasteiger charge is 2.18. The van der Waals surface area contributed by atoms with Crippen molar-refractivity contribution in [2.75, 3.05) is 13.1 Å². The summed E-state index contributed by atoms with van der Waals surface area (Å²) in [4.78, 5) is 5.66. The molecule has 1 heterocycles. The molecule has 1 unspecified atom stereocenters. The molecule has 3 N–H and O–H groups in total. The van der Waals surface area contributed by atoms with Gasteiger partial charge in [0.25, 0.3) is 0 Å². The van der Waals surface area contributed by atoms with Crippen molar-refractivity contribution in [3.63, 3.8) is 0 Å². The lowest BCUT2D eigenvalue weighted by Gasteiger charge is -2.29. The minimum Gasteiger partial charge on any atom is -0.364 e. The lowest BCUT2D eigenvalue weighted by molar-refractivity contribution is 0.200. The summed E-state index contributed by atoms with van der Waals surface area (Å²) in [5.41, 5.74) is 8.45. The minimum absolute atomic E-state index is 0.255. The lowest BCUT2D eigenvalue weighted by atomic mass is 10.1. The zero-order valence-corrected chi connectivity index (χ0v) is 10.8. The fourth-order valence-electron chi connectivity index (χ4n) is 2.28. The average Bonchev–Trinajstić information content (AvgIpc) is 2.93. The van der Waals surface area contributed by atoms with Crippen molar-refractivity contribution in [2.45, 2.75) is 19.5 Å². The first kappa shape index (κ1) is 12.9. The molecule has 1 aromatic heterocycles. The molecule has 2 aromatic rings. The molecule has 0 aliphatic rings. The second-order valence-electron chi connectivity index (χ2n) is 4.43. The normalized spacial score (nSPS) is 12.8. The molecule has 0 spiro atoms. The molecule has 0 saturated heterocycles. The molecule has 1 atom stereocenters. The quantitative estimate of drug-likeness (QED) is 0.819. The van der Waals surface area contributed by atoms with Crippen LogP contribution >= 0.6 is 0 Å². The van der Waals surface area contributed by atoms with E-state index in [1.54, 1.807) is 0 Å². The highest BCUT2D eigenvalue weighted by atomic mass is 15.2. The van der Waals surface area contributed by atoms with E-state index >= 15 is 0 Å². The molecule has 1 aromatic carbocycles. The summed E-state index contributed by atoms with van der Waals surface area (Å²) in [6, 6.07) is 14.9. The van der Waals surface area contributed by atoms with Crippen molar-refractivity contribution >= 4 is 0 Å². The summed E-state index contributed by atoms with van der Waals surface area (Å²) in [5, 5.41) is 0. The van der Waals surface area contributed by atoms with E-state index in [1.807, 2.05) is 18.3 Å². The Morgan fingerprint density at radius 1 is 1.17 bits per heavy atom. The van der Waals surface area contributed by atoms with E-state index in [4.69, 9.17) is 5.73 Å². The third-order valence-corrected chi connectivity index (χ3v) is 3.28. The van der Waals surface area contributed by atoms with Crippen LogP contribution in [-0.4, -0.2) is 23.0 Å². The Kier molecular flexibility index (Phi) is 4.56. The summed E-state index contributed by atoms with van der Waals surface area (Å²) in [6.45, 7) is 4.71. The molecular formula is C15H21N3. The molecule has 3 nitrogen and oxygen atoms in total. The van der Waals surface area contributed by atoms with Crippen LogP contribution in [0.5, 0.6) is 0 Å². The topological polar surface area (TPSA) is 45.0 Å². The van der Waals surface area contributed by atoms with Gasteiger partial charge in [-0.1, -0.05) is 37.3 Å². The number of nitrogens with one attached hydrogen (secondary N) is 1. The zero-order valence-electron chi connectivity index (χ0n) is 10.8. The molecule has 0 aliphatic carbocycles. The number of rotatable bonds is 6. The predicted octanol–water partition coefficient (Wildman–Crippen LogP) is 2.54. The van der Waals surface area contributed by atoms with E-state index in [2.05, 4.69) is 47.1 Å². The van der Waals surface area contributed by atoms with Crippen LogP contribution in [0.15, 0.2) is 48.7 Å². The van der Waals surface area contributed by atoms with Crippen LogP contribution in [0.1, 0.15) is 24.2 Å². The van der Waals surface area contributed by atoms with Gasteiger partial charge in [0.15, 0.2) is 0 Å². The van der Waals surface area contributed by atoms with E-state index < -0.39 is 0 Å². The van der Waals surface area contributed by atoms with Gasteiger partial charge in [0.05, 0.1) is 6.04 Å². The fraction of sp³-hybridized carbons (Fsp3) is 0.333. The van der Waals surface area contributed by atoms with Gasteiger partial charge in [-0.3, -0.25) is 4.90 Å². The Balaban J connectivity index is 2.12. The Hall–Kier alpha value is -1.58. The molecule has 0 bridgehead atoms. The first-order valence-corrected chi connectivity index (χ1v) is 6.46. The van der Waals surface area contributed by atoms with Crippen molar-refractivity contribution in [1.29, 1.82) is 0 Å². The van der Waals surface area contributed by atoms with Gasteiger partial charge in [0.1, 0.15) is 0 Å². The molecule has 0 amide bonds. The molecular weight excluding hydrogens is 222 g/mol.